The zero-order valence-corrected chi connectivity index (χ0v) is 31.4. The molecule has 1 heterocycles. The molecule has 0 saturated heterocycles. The number of rotatable bonds is 7. The second-order valence-electron chi connectivity index (χ2n) is 7.65. The van der Waals surface area contributed by atoms with Gasteiger partial charge in [0.1, 0.15) is 21.2 Å². The molecule has 213 valence electrons. The molecule has 0 fully saturated rings. The van der Waals surface area contributed by atoms with E-state index in [9.17, 15) is 44.0 Å². The van der Waals surface area contributed by atoms with Crippen molar-refractivity contribution in [3.8, 4) is 5.75 Å². The van der Waals surface area contributed by atoms with Crippen LogP contribution in [0.1, 0.15) is 0 Å². The van der Waals surface area contributed by atoms with Gasteiger partial charge in [-0.25, -0.2) is 0 Å². The van der Waals surface area contributed by atoms with Crippen molar-refractivity contribution >= 4 is 170 Å². The van der Waals surface area contributed by atoms with Crippen LogP contribution in [0.5, 0.6) is 5.75 Å². The van der Waals surface area contributed by atoms with Gasteiger partial charge in [-0.1, -0.05) is 12.1 Å². The minimum atomic E-state index is -5.20. The second kappa shape index (κ2) is 15.0. The molecule has 0 saturated carbocycles. The number of benzene rings is 3. The fourth-order valence-corrected chi connectivity index (χ4v) is 5.39. The molecule has 24 heteroatoms. The predicted octanol–water partition coefficient (Wildman–Crippen LogP) is 1.72. The van der Waals surface area contributed by atoms with Gasteiger partial charge in [-0.05, 0) is 47.3 Å². The van der Waals surface area contributed by atoms with Crippen LogP contribution in [0.4, 0.5) is 29.0 Å². The molecule has 7 N–H and O–H groups in total. The van der Waals surface area contributed by atoms with E-state index in [2.05, 4.69) is 30.5 Å². The summed E-state index contributed by atoms with van der Waals surface area (Å²) in [6.07, 6.45) is 0. The molecule has 0 amide bonds. The van der Waals surface area contributed by atoms with E-state index in [4.69, 9.17) is 17.3 Å². The number of fused-ring (bicyclic) bond motifs is 1. The van der Waals surface area contributed by atoms with Gasteiger partial charge in [0.25, 0.3) is 30.4 Å². The number of aromatic hydroxyl groups is 1. The maximum Gasteiger partial charge on any atom is 0.296 e. The molecule has 0 aliphatic heterocycles. The number of hydrogen-bond donors (Lipinski definition) is 6. The molecule has 0 spiro atoms. The largest absolute Gasteiger partial charge is 0.505 e. The Morgan fingerprint density at radius 1 is 0.791 bits per heavy atom. The monoisotopic (exact) mass is 700 g/mol. The number of hydrogen-bond acceptors (Lipinski definition) is 14. The SMILES string of the molecule is Nc1nc(Cl)nc(Nc2cc(S(=O)(=O)O)cc3cc(S(=O)(=O)O)c(N=Nc4ccccc4S(=O)(=O)O)c(O)c23)n1.[Na].[Na].[Na]. The van der Waals surface area contributed by atoms with Gasteiger partial charge in [0, 0.05) is 94.1 Å². The van der Waals surface area contributed by atoms with E-state index in [0.29, 0.717) is 6.07 Å². The minimum Gasteiger partial charge on any atom is -0.505 e. The molecule has 0 unspecified atom stereocenters. The van der Waals surface area contributed by atoms with E-state index in [1.54, 1.807) is 0 Å². The number of nitrogen functional groups attached to an aromatic ring is 1. The number of phenols is 1. The maximum atomic E-state index is 12.2. The third kappa shape index (κ3) is 9.48. The number of azo groups is 1. The number of nitrogens with zero attached hydrogens (tertiary/aromatic N) is 5. The second-order valence-corrected chi connectivity index (χ2v) is 12.2. The summed E-state index contributed by atoms with van der Waals surface area (Å²) in [5, 5.41) is 19.7. The number of nitrogens with two attached hydrogens (primary N) is 1. The van der Waals surface area contributed by atoms with Gasteiger partial charge in [-0.3, -0.25) is 13.7 Å². The van der Waals surface area contributed by atoms with Crippen molar-refractivity contribution in [2.24, 2.45) is 10.2 Å². The van der Waals surface area contributed by atoms with E-state index < -0.39 is 62.2 Å². The summed E-state index contributed by atoms with van der Waals surface area (Å²) < 4.78 is 100. The van der Waals surface area contributed by atoms with Gasteiger partial charge in [-0.15, -0.1) is 10.2 Å². The van der Waals surface area contributed by atoms with Crippen molar-refractivity contribution in [1.82, 2.24) is 15.0 Å². The standard InChI is InChI=1S/C19H14ClN7O10S3.3Na/c20-17-23-18(21)25-19(24-17)22-11-7-9(38(29,30)31)5-8-6-13(40(35,36)37)15(16(28)14(8)11)27-26-10-3-1-2-4-12(10)39(32,33)34;;;/h1-7,28H,(H,29,30,31)(H,32,33,34)(H,35,36,37)(H3,21,22,23,24,25);;;. The van der Waals surface area contributed by atoms with Gasteiger partial charge >= 0.3 is 0 Å². The maximum absolute atomic E-state index is 12.2. The van der Waals surface area contributed by atoms with Gasteiger partial charge < -0.3 is 16.2 Å². The molecule has 0 bridgehead atoms. The Balaban J connectivity index is 0.00000308. The molecule has 0 aliphatic carbocycles. The van der Waals surface area contributed by atoms with Crippen LogP contribution in [-0.4, -0.2) is 148 Å². The van der Waals surface area contributed by atoms with Crippen molar-refractivity contribution in [2.75, 3.05) is 11.1 Å². The summed E-state index contributed by atoms with van der Waals surface area (Å²) in [5.74, 6) is -1.74. The van der Waals surface area contributed by atoms with E-state index in [-0.39, 0.29) is 122 Å². The van der Waals surface area contributed by atoms with Gasteiger partial charge in [0.2, 0.25) is 17.2 Å². The van der Waals surface area contributed by atoms with E-state index in [0.717, 1.165) is 24.3 Å². The third-order valence-corrected chi connectivity index (χ3v) is 7.74. The summed E-state index contributed by atoms with van der Waals surface area (Å²) in [4.78, 5) is 8.47. The normalized spacial score (nSPS) is 11.8. The van der Waals surface area contributed by atoms with Crippen LogP contribution >= 0.6 is 11.6 Å². The van der Waals surface area contributed by atoms with Crippen LogP contribution in [-0.2, 0) is 30.4 Å². The fourth-order valence-electron chi connectivity index (χ4n) is 3.40. The fraction of sp³-hybridized carbons (Fsp3) is 0. The van der Waals surface area contributed by atoms with Crippen LogP contribution in [0, 0.1) is 0 Å². The van der Waals surface area contributed by atoms with Crippen molar-refractivity contribution in [1.29, 1.82) is 0 Å². The summed E-state index contributed by atoms with van der Waals surface area (Å²) in [5.41, 5.74) is 3.78. The molecule has 3 radical (unpaired) electrons. The quantitative estimate of drug-likeness (QED) is 0.0909. The number of halogens is 1. The summed E-state index contributed by atoms with van der Waals surface area (Å²) in [6, 6.07) is 6.92. The average molecular weight is 701 g/mol. The zero-order valence-electron chi connectivity index (χ0n) is 22.2. The molecule has 3 aromatic carbocycles. The molecule has 4 aromatic rings. The van der Waals surface area contributed by atoms with Crippen LogP contribution < -0.4 is 11.1 Å². The average Bonchev–Trinajstić information content (AvgIpc) is 2.80. The zero-order chi connectivity index (χ0) is 29.6. The molecule has 4 rings (SSSR count). The van der Waals surface area contributed by atoms with Gasteiger partial charge in [0.05, 0.1) is 10.6 Å². The predicted molar refractivity (Wildman–Crippen MR) is 155 cm³/mol. The number of phenolic OH excluding ortho intramolecular Hbond substituents is 1. The number of anilines is 3. The van der Waals surface area contributed by atoms with Gasteiger partial charge in [-0.2, -0.15) is 40.2 Å². The topological polar surface area (TPSA) is 285 Å². The molecular weight excluding hydrogens is 687 g/mol. The Labute approximate surface area is 314 Å². The van der Waals surface area contributed by atoms with Crippen LogP contribution in [0.15, 0.2) is 67.4 Å². The molecular formula is C19H14ClN7Na3O10S3. The molecule has 1 aromatic heterocycles. The molecule has 0 atom stereocenters. The first kappa shape index (κ1) is 40.0. The van der Waals surface area contributed by atoms with Crippen LogP contribution in [0.25, 0.3) is 10.8 Å². The molecule has 43 heavy (non-hydrogen) atoms. The van der Waals surface area contributed by atoms with Crippen molar-refractivity contribution in [3.05, 3.63) is 47.7 Å². The van der Waals surface area contributed by atoms with Crippen LogP contribution in [0.3, 0.4) is 0 Å². The van der Waals surface area contributed by atoms with E-state index in [1.807, 2.05) is 0 Å². The van der Waals surface area contributed by atoms with Crippen molar-refractivity contribution < 1.29 is 44.0 Å². The Morgan fingerprint density at radius 2 is 1.40 bits per heavy atom. The van der Waals surface area contributed by atoms with Crippen molar-refractivity contribution in [2.45, 2.75) is 14.7 Å². The smallest absolute Gasteiger partial charge is 0.296 e. The molecule has 17 nitrogen and oxygen atoms in total. The van der Waals surface area contributed by atoms with Crippen LogP contribution in [0.2, 0.25) is 5.28 Å². The Bertz CT molecular complexity index is 2050. The Morgan fingerprint density at radius 3 is 1.95 bits per heavy atom. The third-order valence-electron chi connectivity index (χ3n) is 4.97. The first-order chi connectivity index (χ1) is 18.4. The molecule has 0 aliphatic rings. The van der Waals surface area contributed by atoms with Gasteiger partial charge in [0.15, 0.2) is 5.75 Å². The summed E-state index contributed by atoms with van der Waals surface area (Å²) in [6.45, 7) is 0. The first-order valence-electron chi connectivity index (χ1n) is 10.2. The summed E-state index contributed by atoms with van der Waals surface area (Å²) in [7, 11) is -14.9. The summed E-state index contributed by atoms with van der Waals surface area (Å²) >= 11 is 5.76. The Hall–Kier alpha value is -1.05. The first-order valence-corrected chi connectivity index (χ1v) is 14.9. The van der Waals surface area contributed by atoms with E-state index in [1.165, 1.54) is 12.1 Å². The van der Waals surface area contributed by atoms with E-state index >= 15 is 0 Å². The minimum absolute atomic E-state index is 0. The Kier molecular flexibility index (Phi) is 14.0. The number of nitrogens with one attached hydrogen (secondary N) is 1. The number of aromatic nitrogens is 3. The van der Waals surface area contributed by atoms with Crippen molar-refractivity contribution in [3.63, 3.8) is 0 Å².